The van der Waals surface area contributed by atoms with Crippen molar-refractivity contribution in [2.45, 2.75) is 17.9 Å². The molecule has 0 saturated carbocycles. The van der Waals surface area contributed by atoms with Crippen molar-refractivity contribution < 1.29 is 12.8 Å². The molecule has 0 atom stereocenters. The summed E-state index contributed by atoms with van der Waals surface area (Å²) in [5.74, 6) is -0.906. The fourth-order valence-corrected chi connectivity index (χ4v) is 5.42. The molecule has 1 aliphatic heterocycles. The number of halogens is 1. The van der Waals surface area contributed by atoms with Crippen LogP contribution in [-0.2, 0) is 16.6 Å². The van der Waals surface area contributed by atoms with Gasteiger partial charge in [0, 0.05) is 42.1 Å². The third kappa shape index (κ3) is 4.87. The van der Waals surface area contributed by atoms with Crippen molar-refractivity contribution in [1.29, 1.82) is 5.41 Å². The molecule has 4 rings (SSSR count). The molecule has 32 heavy (non-hydrogen) atoms. The number of thiazole rings is 1. The first-order valence-electron chi connectivity index (χ1n) is 9.96. The molecule has 166 valence electrons. The molecule has 7 nitrogen and oxygen atoms in total. The summed E-state index contributed by atoms with van der Waals surface area (Å²) in [5, 5.41) is 15.9. The van der Waals surface area contributed by atoms with Crippen LogP contribution in [0.2, 0.25) is 0 Å². The second-order valence-electron chi connectivity index (χ2n) is 7.15. The summed E-state index contributed by atoms with van der Waals surface area (Å²) >= 11 is 1.09. The zero-order chi connectivity index (χ0) is 22.6. The summed E-state index contributed by atoms with van der Waals surface area (Å²) < 4.78 is 42.3. The lowest BCUT2D eigenvalue weighted by Crippen LogP contribution is -2.20. The second-order valence-corrected chi connectivity index (χ2v) is 9.70. The lowest BCUT2D eigenvalue weighted by atomic mass is 9.95. The van der Waals surface area contributed by atoms with Gasteiger partial charge in [-0.15, -0.1) is 11.3 Å². The van der Waals surface area contributed by atoms with E-state index in [9.17, 15) is 12.8 Å². The Balaban J connectivity index is 1.59. The van der Waals surface area contributed by atoms with Gasteiger partial charge in [-0.05, 0) is 41.8 Å². The molecule has 0 amide bonds. The second kappa shape index (κ2) is 9.60. The highest BCUT2D eigenvalue weighted by Crippen LogP contribution is 2.28. The van der Waals surface area contributed by atoms with Crippen LogP contribution in [0.1, 0.15) is 23.1 Å². The van der Waals surface area contributed by atoms with Crippen molar-refractivity contribution in [3.05, 3.63) is 76.6 Å². The summed E-state index contributed by atoms with van der Waals surface area (Å²) in [5.41, 5.74) is 4.04. The van der Waals surface area contributed by atoms with Gasteiger partial charge in [0.05, 0.1) is 0 Å². The van der Waals surface area contributed by atoms with Crippen molar-refractivity contribution in [1.82, 2.24) is 10.3 Å². The highest BCUT2D eigenvalue weighted by molar-refractivity contribution is 7.93. The topological polar surface area (TPSA) is 107 Å². The molecule has 0 fully saturated rings. The molecule has 0 spiro atoms. The number of sulfonamides is 1. The molecule has 3 aromatic rings. The summed E-state index contributed by atoms with van der Waals surface area (Å²) in [6.45, 7) is 2.15. The molecule has 0 saturated heterocycles. The first-order valence-corrected chi connectivity index (χ1v) is 12.3. The molecule has 0 bridgehead atoms. The molecular formula is C22H22FN5O2S2. The van der Waals surface area contributed by atoms with Crippen LogP contribution in [0.15, 0.2) is 58.9 Å². The SMILES string of the molecule is N=Cc1cc(S(=O)(=O)Nc2nccs2)c(F)cc1NCc1ccccc1C1=CCNCC1. The molecule has 4 N–H and O–H groups in total. The third-order valence-corrected chi connectivity index (χ3v) is 7.27. The van der Waals surface area contributed by atoms with Crippen molar-refractivity contribution in [3.63, 3.8) is 0 Å². The number of hydrogen-bond acceptors (Lipinski definition) is 7. The summed E-state index contributed by atoms with van der Waals surface area (Å²) in [4.78, 5) is 3.34. The predicted molar refractivity (Wildman–Crippen MR) is 126 cm³/mol. The summed E-state index contributed by atoms with van der Waals surface area (Å²) in [7, 11) is -4.17. The van der Waals surface area contributed by atoms with Crippen LogP contribution in [0.25, 0.3) is 5.57 Å². The van der Waals surface area contributed by atoms with Crippen LogP contribution in [0, 0.1) is 11.2 Å². The van der Waals surface area contributed by atoms with Crippen LogP contribution in [0.4, 0.5) is 15.2 Å². The van der Waals surface area contributed by atoms with Crippen molar-refractivity contribution in [2.75, 3.05) is 23.1 Å². The van der Waals surface area contributed by atoms with Crippen molar-refractivity contribution in [3.8, 4) is 0 Å². The minimum absolute atomic E-state index is 0.145. The molecule has 2 aromatic carbocycles. The monoisotopic (exact) mass is 471 g/mol. The predicted octanol–water partition coefficient (Wildman–Crippen LogP) is 4.07. The Morgan fingerprint density at radius 3 is 2.84 bits per heavy atom. The molecule has 1 aromatic heterocycles. The average Bonchev–Trinajstić information content (AvgIpc) is 3.30. The van der Waals surface area contributed by atoms with Gasteiger partial charge in [-0.3, -0.25) is 4.72 Å². The third-order valence-electron chi connectivity index (χ3n) is 5.10. The standard InChI is InChI=1S/C22H22FN5O2S2/c23-19-12-20(17(13-24)11-21(19)32(29,30)28-22-26-9-10-31-22)27-14-16-3-1-2-4-18(16)15-5-7-25-8-6-15/h1-5,9-13,24-25,27H,6-8,14H2,(H,26,28). The van der Waals surface area contributed by atoms with Crippen molar-refractivity contribution in [2.24, 2.45) is 0 Å². The van der Waals surface area contributed by atoms with Crippen LogP contribution < -0.4 is 15.4 Å². The maximum Gasteiger partial charge on any atom is 0.266 e. The molecule has 1 aliphatic rings. The van der Waals surface area contributed by atoms with E-state index in [2.05, 4.69) is 32.5 Å². The molecule has 2 heterocycles. The lowest BCUT2D eigenvalue weighted by Gasteiger charge is -2.19. The van der Waals surface area contributed by atoms with Gasteiger partial charge in [0.25, 0.3) is 10.0 Å². The zero-order valence-electron chi connectivity index (χ0n) is 17.1. The first-order chi connectivity index (χ1) is 15.5. The zero-order valence-corrected chi connectivity index (χ0v) is 18.7. The minimum Gasteiger partial charge on any atom is -0.380 e. The number of anilines is 2. The van der Waals surface area contributed by atoms with Crippen LogP contribution in [0.5, 0.6) is 0 Å². The Bertz CT molecular complexity index is 1260. The first kappa shape index (κ1) is 22.1. The van der Waals surface area contributed by atoms with Gasteiger partial charge < -0.3 is 16.0 Å². The van der Waals surface area contributed by atoms with Gasteiger partial charge in [-0.1, -0.05) is 30.3 Å². The Labute approximate surface area is 190 Å². The normalized spacial score (nSPS) is 14.0. The minimum atomic E-state index is -4.17. The van der Waals surface area contributed by atoms with Gasteiger partial charge in [-0.2, -0.15) is 0 Å². The van der Waals surface area contributed by atoms with Gasteiger partial charge >= 0.3 is 0 Å². The van der Waals surface area contributed by atoms with Gasteiger partial charge in [0.1, 0.15) is 10.7 Å². The largest absolute Gasteiger partial charge is 0.380 e. The number of rotatable bonds is 8. The van der Waals surface area contributed by atoms with E-state index in [-0.39, 0.29) is 10.7 Å². The Morgan fingerprint density at radius 1 is 1.28 bits per heavy atom. The van der Waals surface area contributed by atoms with Crippen LogP contribution >= 0.6 is 11.3 Å². The quantitative estimate of drug-likeness (QED) is 0.371. The van der Waals surface area contributed by atoms with Crippen molar-refractivity contribution >= 4 is 44.0 Å². The molecule has 0 unspecified atom stereocenters. The number of benzene rings is 2. The highest BCUT2D eigenvalue weighted by atomic mass is 32.2. The molecular weight excluding hydrogens is 449 g/mol. The van der Waals surface area contributed by atoms with Crippen LogP contribution in [0.3, 0.4) is 0 Å². The Hall–Kier alpha value is -3.08. The van der Waals surface area contributed by atoms with E-state index in [0.717, 1.165) is 60.3 Å². The smallest absolute Gasteiger partial charge is 0.266 e. The van der Waals surface area contributed by atoms with E-state index < -0.39 is 20.7 Å². The molecule has 10 heteroatoms. The Kier molecular flexibility index (Phi) is 6.63. The van der Waals surface area contributed by atoms with Gasteiger partial charge in [0.15, 0.2) is 5.13 Å². The van der Waals surface area contributed by atoms with Gasteiger partial charge in [0.2, 0.25) is 0 Å². The van der Waals surface area contributed by atoms with E-state index >= 15 is 0 Å². The maximum absolute atomic E-state index is 14.8. The fourth-order valence-electron chi connectivity index (χ4n) is 3.54. The molecule has 0 aliphatic carbocycles. The fraction of sp³-hybridized carbons (Fsp3) is 0.182. The maximum atomic E-state index is 14.8. The number of nitrogens with one attached hydrogen (secondary N) is 4. The van der Waals surface area contributed by atoms with E-state index in [1.807, 2.05) is 18.2 Å². The average molecular weight is 472 g/mol. The van der Waals surface area contributed by atoms with Gasteiger partial charge in [-0.25, -0.2) is 17.8 Å². The van der Waals surface area contributed by atoms with E-state index in [0.29, 0.717) is 12.2 Å². The number of hydrogen-bond donors (Lipinski definition) is 4. The molecule has 0 radical (unpaired) electrons. The van der Waals surface area contributed by atoms with Crippen LogP contribution in [-0.4, -0.2) is 32.7 Å². The van der Waals surface area contributed by atoms with E-state index in [1.54, 1.807) is 5.38 Å². The summed E-state index contributed by atoms with van der Waals surface area (Å²) in [6, 6.07) is 10.3. The highest BCUT2D eigenvalue weighted by Gasteiger charge is 2.22. The Morgan fingerprint density at radius 2 is 2.12 bits per heavy atom. The number of nitrogens with zero attached hydrogens (tertiary/aromatic N) is 1. The summed E-state index contributed by atoms with van der Waals surface area (Å²) in [6.07, 6.45) is 5.55. The number of aromatic nitrogens is 1. The lowest BCUT2D eigenvalue weighted by molar-refractivity contribution is 0.570. The van der Waals surface area contributed by atoms with E-state index in [4.69, 9.17) is 5.41 Å². The van der Waals surface area contributed by atoms with E-state index in [1.165, 1.54) is 11.8 Å².